The molecule has 1 aliphatic carbocycles. The Labute approximate surface area is 117 Å². The number of likely N-dealkylation sites (tertiary alicyclic amines) is 1. The molecule has 0 bridgehead atoms. The molecule has 2 aliphatic rings. The number of aliphatic hydroxyl groups excluding tert-OH is 2. The quantitative estimate of drug-likeness (QED) is 0.560. The van der Waals surface area contributed by atoms with E-state index in [1.807, 2.05) is 0 Å². The number of carboxylic acids is 1. The van der Waals surface area contributed by atoms with Crippen molar-refractivity contribution in [2.75, 3.05) is 13.1 Å². The summed E-state index contributed by atoms with van der Waals surface area (Å²) < 4.78 is 0. The van der Waals surface area contributed by atoms with Crippen LogP contribution in [0.3, 0.4) is 0 Å². The first-order valence-corrected chi connectivity index (χ1v) is 7.01. The molecule has 1 heterocycles. The van der Waals surface area contributed by atoms with Gasteiger partial charge in [0.25, 0.3) is 0 Å². The summed E-state index contributed by atoms with van der Waals surface area (Å²) in [5.74, 6) is -0.548. The van der Waals surface area contributed by atoms with Crippen LogP contribution in [-0.4, -0.2) is 63.1 Å². The SMILES string of the molecule is CC1CCC(NC(=O)N2CC(O)C(O)C2)(C(=O)O)CC1. The third kappa shape index (κ3) is 2.88. The zero-order valence-corrected chi connectivity index (χ0v) is 11.6. The van der Waals surface area contributed by atoms with Crippen LogP contribution < -0.4 is 5.32 Å². The van der Waals surface area contributed by atoms with Crippen molar-refractivity contribution in [2.45, 2.75) is 50.4 Å². The molecule has 2 unspecified atom stereocenters. The Morgan fingerprint density at radius 2 is 1.65 bits per heavy atom. The van der Waals surface area contributed by atoms with Crippen molar-refractivity contribution in [3.8, 4) is 0 Å². The first-order valence-electron chi connectivity index (χ1n) is 7.01. The van der Waals surface area contributed by atoms with E-state index in [-0.39, 0.29) is 13.1 Å². The summed E-state index contributed by atoms with van der Waals surface area (Å²) in [6.07, 6.45) is 0.415. The number of nitrogens with one attached hydrogen (secondary N) is 1. The number of urea groups is 1. The van der Waals surface area contributed by atoms with E-state index in [9.17, 15) is 24.9 Å². The van der Waals surface area contributed by atoms with Crippen LogP contribution in [0.5, 0.6) is 0 Å². The maximum absolute atomic E-state index is 12.1. The third-order valence-corrected chi connectivity index (χ3v) is 4.43. The van der Waals surface area contributed by atoms with Crippen molar-refractivity contribution in [3.05, 3.63) is 0 Å². The van der Waals surface area contributed by atoms with Crippen molar-refractivity contribution in [2.24, 2.45) is 5.92 Å². The smallest absolute Gasteiger partial charge is 0.329 e. The maximum atomic E-state index is 12.1. The molecule has 1 aliphatic heterocycles. The second-order valence-electron chi connectivity index (χ2n) is 6.04. The lowest BCUT2D eigenvalue weighted by Gasteiger charge is -2.37. The molecule has 1 saturated carbocycles. The predicted octanol–water partition coefficient (Wildman–Crippen LogP) is -0.233. The van der Waals surface area contributed by atoms with Gasteiger partial charge in [-0.2, -0.15) is 0 Å². The van der Waals surface area contributed by atoms with Crippen LogP contribution in [0.1, 0.15) is 32.6 Å². The molecule has 0 aromatic carbocycles. The van der Waals surface area contributed by atoms with E-state index >= 15 is 0 Å². The second kappa shape index (κ2) is 5.57. The average molecular weight is 286 g/mol. The molecule has 7 nitrogen and oxygen atoms in total. The van der Waals surface area contributed by atoms with Crippen LogP contribution in [0.4, 0.5) is 4.79 Å². The van der Waals surface area contributed by atoms with Gasteiger partial charge in [0, 0.05) is 0 Å². The second-order valence-corrected chi connectivity index (χ2v) is 6.04. The molecule has 2 fully saturated rings. The number of aliphatic carboxylic acids is 1. The third-order valence-electron chi connectivity index (χ3n) is 4.43. The van der Waals surface area contributed by atoms with Gasteiger partial charge in [0.05, 0.1) is 25.3 Å². The van der Waals surface area contributed by atoms with Crippen molar-refractivity contribution in [1.29, 1.82) is 0 Å². The van der Waals surface area contributed by atoms with Gasteiger partial charge >= 0.3 is 12.0 Å². The minimum absolute atomic E-state index is 0.0269. The lowest BCUT2D eigenvalue weighted by Crippen LogP contribution is -2.59. The maximum Gasteiger partial charge on any atom is 0.329 e. The monoisotopic (exact) mass is 286 g/mol. The highest BCUT2D eigenvalue weighted by Gasteiger charge is 2.44. The molecule has 0 aromatic rings. The number of nitrogens with zero attached hydrogens (tertiary/aromatic N) is 1. The summed E-state index contributed by atoms with van der Waals surface area (Å²) in [6, 6.07) is -0.530. The first kappa shape index (κ1) is 15.1. The van der Waals surface area contributed by atoms with Gasteiger partial charge in [0.2, 0.25) is 0 Å². The molecule has 0 spiro atoms. The van der Waals surface area contributed by atoms with Crippen LogP contribution in [0.25, 0.3) is 0 Å². The topological polar surface area (TPSA) is 110 Å². The van der Waals surface area contributed by atoms with Crippen molar-refractivity contribution in [1.82, 2.24) is 10.2 Å². The number of hydrogen-bond acceptors (Lipinski definition) is 4. The Bertz CT molecular complexity index is 382. The number of β-amino-alcohol motifs (C(OH)–C–C–N with tert-alkyl or cyclic N) is 2. The summed E-state index contributed by atoms with van der Waals surface area (Å²) in [6.45, 7) is 2.12. The fraction of sp³-hybridized carbons (Fsp3) is 0.846. The van der Waals surface area contributed by atoms with Crippen molar-refractivity contribution < 1.29 is 24.9 Å². The van der Waals surface area contributed by atoms with Gasteiger partial charge in [-0.25, -0.2) is 9.59 Å². The first-order chi connectivity index (χ1) is 9.34. The normalized spacial score (nSPS) is 37.8. The van der Waals surface area contributed by atoms with Crippen LogP contribution in [-0.2, 0) is 4.79 Å². The largest absolute Gasteiger partial charge is 0.480 e. The molecule has 7 heteroatoms. The minimum atomic E-state index is -1.22. The van der Waals surface area contributed by atoms with Crippen molar-refractivity contribution >= 4 is 12.0 Å². The Morgan fingerprint density at radius 1 is 1.15 bits per heavy atom. The number of rotatable bonds is 2. The van der Waals surface area contributed by atoms with E-state index in [0.717, 1.165) is 12.8 Å². The zero-order valence-electron chi connectivity index (χ0n) is 11.6. The number of hydrogen-bond donors (Lipinski definition) is 4. The highest BCUT2D eigenvalue weighted by atomic mass is 16.4. The Balaban J connectivity index is 2.02. The molecular formula is C13H22N2O5. The van der Waals surface area contributed by atoms with Crippen LogP contribution in [0.15, 0.2) is 0 Å². The fourth-order valence-corrected chi connectivity index (χ4v) is 2.87. The fourth-order valence-electron chi connectivity index (χ4n) is 2.87. The van der Waals surface area contributed by atoms with E-state index in [4.69, 9.17) is 0 Å². The van der Waals surface area contributed by atoms with Gasteiger partial charge in [0.1, 0.15) is 5.54 Å². The van der Waals surface area contributed by atoms with Gasteiger partial charge in [-0.05, 0) is 31.6 Å². The van der Waals surface area contributed by atoms with Gasteiger partial charge in [0.15, 0.2) is 0 Å². The van der Waals surface area contributed by atoms with Gasteiger partial charge in [-0.15, -0.1) is 0 Å². The molecule has 2 rings (SSSR count). The molecule has 0 radical (unpaired) electrons. The van der Waals surface area contributed by atoms with Gasteiger partial charge in [-0.1, -0.05) is 6.92 Å². The van der Waals surface area contributed by atoms with Crippen LogP contribution in [0, 0.1) is 5.92 Å². The average Bonchev–Trinajstić information content (AvgIpc) is 2.72. The standard InChI is InChI=1S/C13H22N2O5/c1-8-2-4-13(5-3-8,11(18)19)14-12(20)15-6-9(16)10(17)7-15/h8-10,16-17H,2-7H2,1H3,(H,14,20)(H,18,19). The highest BCUT2D eigenvalue weighted by Crippen LogP contribution is 2.32. The molecule has 114 valence electrons. The Hall–Kier alpha value is -1.34. The Morgan fingerprint density at radius 3 is 2.10 bits per heavy atom. The lowest BCUT2D eigenvalue weighted by molar-refractivity contribution is -0.146. The number of amides is 2. The summed E-state index contributed by atoms with van der Waals surface area (Å²) >= 11 is 0. The van der Waals surface area contributed by atoms with E-state index in [0.29, 0.717) is 18.8 Å². The molecule has 2 amide bonds. The molecule has 2 atom stereocenters. The van der Waals surface area contributed by atoms with Crippen LogP contribution in [0.2, 0.25) is 0 Å². The zero-order chi connectivity index (χ0) is 14.9. The summed E-state index contributed by atoms with van der Waals surface area (Å²) in [5.41, 5.74) is -1.22. The molecule has 1 saturated heterocycles. The predicted molar refractivity (Wildman–Crippen MR) is 70.1 cm³/mol. The summed E-state index contributed by atoms with van der Waals surface area (Å²) in [4.78, 5) is 24.9. The molecule has 20 heavy (non-hydrogen) atoms. The van der Waals surface area contributed by atoms with Crippen molar-refractivity contribution in [3.63, 3.8) is 0 Å². The van der Waals surface area contributed by atoms with E-state index in [2.05, 4.69) is 12.2 Å². The van der Waals surface area contributed by atoms with Gasteiger partial charge < -0.3 is 25.5 Å². The number of carbonyl (C=O) groups is 2. The molecular weight excluding hydrogens is 264 g/mol. The van der Waals surface area contributed by atoms with E-state index in [1.165, 1.54) is 4.90 Å². The number of carbonyl (C=O) groups excluding carboxylic acids is 1. The van der Waals surface area contributed by atoms with Crippen LogP contribution >= 0.6 is 0 Å². The van der Waals surface area contributed by atoms with E-state index in [1.54, 1.807) is 0 Å². The van der Waals surface area contributed by atoms with E-state index < -0.39 is 29.7 Å². The van der Waals surface area contributed by atoms with Gasteiger partial charge in [-0.3, -0.25) is 0 Å². The highest BCUT2D eigenvalue weighted by molar-refractivity contribution is 5.86. The lowest BCUT2D eigenvalue weighted by atomic mass is 9.77. The molecule has 0 aromatic heterocycles. The number of carboxylic acid groups (broad SMARTS) is 1. The Kier molecular flexibility index (Phi) is 4.19. The number of aliphatic hydroxyl groups is 2. The minimum Gasteiger partial charge on any atom is -0.480 e. The summed E-state index contributed by atoms with van der Waals surface area (Å²) in [5, 5.41) is 30.9. The molecule has 4 N–H and O–H groups in total. The summed E-state index contributed by atoms with van der Waals surface area (Å²) in [7, 11) is 0.